The van der Waals surface area contributed by atoms with Crippen LogP contribution in [0.2, 0.25) is 36.3 Å². The van der Waals surface area contributed by atoms with Gasteiger partial charge in [0.15, 0.2) is 8.32 Å². The maximum atomic E-state index is 6.45. The van der Waals surface area contributed by atoms with E-state index >= 15 is 0 Å². The molecule has 0 N–H and O–H groups in total. The molecule has 24 heavy (non-hydrogen) atoms. The van der Waals surface area contributed by atoms with Crippen LogP contribution in [0.1, 0.15) is 47.1 Å². The van der Waals surface area contributed by atoms with Crippen molar-refractivity contribution in [3.05, 3.63) is 27.3 Å². The van der Waals surface area contributed by atoms with E-state index in [0.29, 0.717) is 6.61 Å². The van der Waals surface area contributed by atoms with Gasteiger partial charge in [-0.1, -0.05) is 41.5 Å². The van der Waals surface area contributed by atoms with E-state index in [1.807, 2.05) is 0 Å². The summed E-state index contributed by atoms with van der Waals surface area (Å²) >= 11 is 2.39. The zero-order valence-electron chi connectivity index (χ0n) is 17.1. The van der Waals surface area contributed by atoms with E-state index in [0.717, 1.165) is 5.75 Å². The Balaban J connectivity index is 2.96. The molecule has 0 unspecified atom stereocenters. The summed E-state index contributed by atoms with van der Waals surface area (Å²) in [7, 11) is -3.55. The highest BCUT2D eigenvalue weighted by atomic mass is 127. The number of hydrogen-bond donors (Lipinski definition) is 0. The van der Waals surface area contributed by atoms with Crippen molar-refractivity contribution >= 4 is 39.2 Å². The lowest BCUT2D eigenvalue weighted by molar-refractivity contribution is 0.275. The van der Waals surface area contributed by atoms with Gasteiger partial charge < -0.3 is 8.85 Å². The fourth-order valence-electron chi connectivity index (χ4n) is 1.65. The highest BCUT2D eigenvalue weighted by Crippen LogP contribution is 2.39. The van der Waals surface area contributed by atoms with Gasteiger partial charge in [-0.3, -0.25) is 0 Å². The number of hydrogen-bond acceptors (Lipinski definition) is 2. The third-order valence-electron chi connectivity index (χ3n) is 5.59. The second-order valence-electron chi connectivity index (χ2n) is 9.66. The fraction of sp³-hybridized carbons (Fsp3) is 0.684. The third-order valence-corrected chi connectivity index (χ3v) is 15.5. The van der Waals surface area contributed by atoms with E-state index < -0.39 is 16.6 Å². The molecule has 0 bridgehead atoms. The van der Waals surface area contributed by atoms with Crippen LogP contribution in [0.5, 0.6) is 5.75 Å². The van der Waals surface area contributed by atoms with Gasteiger partial charge in [0, 0.05) is 3.57 Å². The second-order valence-corrected chi connectivity index (χ2v) is 20.4. The van der Waals surface area contributed by atoms with Crippen LogP contribution in [0, 0.1) is 3.57 Å². The third kappa shape index (κ3) is 5.57. The molecule has 0 atom stereocenters. The molecule has 0 heterocycles. The Morgan fingerprint density at radius 1 is 0.875 bits per heavy atom. The fourth-order valence-corrected chi connectivity index (χ4v) is 4.11. The highest BCUT2D eigenvalue weighted by molar-refractivity contribution is 14.1. The van der Waals surface area contributed by atoms with Crippen LogP contribution in [-0.4, -0.2) is 16.6 Å². The van der Waals surface area contributed by atoms with Crippen LogP contribution in [0.25, 0.3) is 0 Å². The van der Waals surface area contributed by atoms with Crippen molar-refractivity contribution in [3.63, 3.8) is 0 Å². The maximum Gasteiger partial charge on any atom is 0.250 e. The second kappa shape index (κ2) is 7.41. The maximum absolute atomic E-state index is 6.45. The van der Waals surface area contributed by atoms with Crippen molar-refractivity contribution in [2.45, 2.75) is 84.4 Å². The number of benzene rings is 1. The van der Waals surface area contributed by atoms with Crippen LogP contribution < -0.4 is 4.43 Å². The van der Waals surface area contributed by atoms with Gasteiger partial charge >= 0.3 is 0 Å². The standard InChI is InChI=1S/C19H35IO2Si2/c1-18(2,3)23(7,8)21-14-15-13-16(11-12-17(15)20)22-24(9,10)19(4,5)6/h11-13H,14H2,1-10H3. The summed E-state index contributed by atoms with van der Waals surface area (Å²) in [6.07, 6.45) is 0. The summed E-state index contributed by atoms with van der Waals surface area (Å²) in [5.41, 5.74) is 1.23. The molecule has 1 rings (SSSR count). The van der Waals surface area contributed by atoms with Gasteiger partial charge in [0.1, 0.15) is 5.75 Å². The zero-order chi connectivity index (χ0) is 19.0. The number of rotatable bonds is 5. The molecule has 1 aromatic rings. The molecular formula is C19H35IO2Si2. The van der Waals surface area contributed by atoms with E-state index in [1.165, 1.54) is 9.13 Å². The Labute approximate surface area is 165 Å². The van der Waals surface area contributed by atoms with Crippen LogP contribution in [0.3, 0.4) is 0 Å². The molecule has 0 saturated heterocycles. The Bertz CT molecular complexity index is 570. The molecule has 138 valence electrons. The zero-order valence-corrected chi connectivity index (χ0v) is 21.3. The van der Waals surface area contributed by atoms with Gasteiger partial charge in [-0.15, -0.1) is 0 Å². The summed E-state index contributed by atoms with van der Waals surface area (Å²) < 4.78 is 14.1. The molecular weight excluding hydrogens is 443 g/mol. The van der Waals surface area contributed by atoms with E-state index in [4.69, 9.17) is 8.85 Å². The van der Waals surface area contributed by atoms with Crippen LogP contribution >= 0.6 is 22.6 Å². The first kappa shape index (κ1) is 22.2. The van der Waals surface area contributed by atoms with Gasteiger partial charge in [-0.05, 0) is 82.6 Å². The van der Waals surface area contributed by atoms with Crippen LogP contribution in [-0.2, 0) is 11.0 Å². The topological polar surface area (TPSA) is 18.5 Å². The Morgan fingerprint density at radius 3 is 1.83 bits per heavy atom. The lowest BCUT2D eigenvalue weighted by atomic mass is 10.2. The first-order valence-corrected chi connectivity index (χ1v) is 15.6. The molecule has 0 spiro atoms. The Hall–Kier alpha value is 0.144. The molecule has 0 aliphatic heterocycles. The molecule has 0 radical (unpaired) electrons. The minimum absolute atomic E-state index is 0.202. The largest absolute Gasteiger partial charge is 0.543 e. The summed E-state index contributed by atoms with van der Waals surface area (Å²) in [5, 5.41) is 0.432. The molecule has 0 amide bonds. The highest BCUT2D eigenvalue weighted by Gasteiger charge is 2.39. The first-order valence-electron chi connectivity index (χ1n) is 8.68. The minimum Gasteiger partial charge on any atom is -0.543 e. The Morgan fingerprint density at radius 2 is 1.38 bits per heavy atom. The lowest BCUT2D eigenvalue weighted by Crippen LogP contribution is -2.43. The van der Waals surface area contributed by atoms with Crippen molar-refractivity contribution in [1.29, 1.82) is 0 Å². The summed E-state index contributed by atoms with van der Waals surface area (Å²) in [5.74, 6) is 0.982. The lowest BCUT2D eigenvalue weighted by Gasteiger charge is -2.37. The monoisotopic (exact) mass is 478 g/mol. The van der Waals surface area contributed by atoms with Crippen LogP contribution in [0.4, 0.5) is 0 Å². The minimum atomic E-state index is -1.81. The van der Waals surface area contributed by atoms with Gasteiger partial charge in [0.2, 0.25) is 8.32 Å². The SMILES string of the molecule is CC(C)(C)[Si](C)(C)OCc1cc(O[Si](C)(C)C(C)(C)C)ccc1I. The van der Waals surface area contributed by atoms with Crippen LogP contribution in [0.15, 0.2) is 18.2 Å². The van der Waals surface area contributed by atoms with E-state index in [2.05, 4.69) is 109 Å². The molecule has 0 fully saturated rings. The van der Waals surface area contributed by atoms with Gasteiger partial charge in [0.05, 0.1) is 6.61 Å². The predicted molar refractivity (Wildman–Crippen MR) is 119 cm³/mol. The predicted octanol–water partition coefficient (Wildman–Crippen LogP) is 7.20. The summed E-state index contributed by atoms with van der Waals surface area (Å²) in [4.78, 5) is 0. The Kier molecular flexibility index (Phi) is 6.85. The molecule has 0 aliphatic rings. The van der Waals surface area contributed by atoms with E-state index in [1.54, 1.807) is 0 Å². The van der Waals surface area contributed by atoms with Crippen molar-refractivity contribution < 1.29 is 8.85 Å². The van der Waals surface area contributed by atoms with Crippen molar-refractivity contribution in [3.8, 4) is 5.75 Å². The van der Waals surface area contributed by atoms with E-state index in [9.17, 15) is 0 Å². The molecule has 0 aromatic heterocycles. The van der Waals surface area contributed by atoms with Gasteiger partial charge in [0.25, 0.3) is 0 Å². The summed E-state index contributed by atoms with van der Waals surface area (Å²) in [6.45, 7) is 23.5. The molecule has 0 saturated carbocycles. The molecule has 0 aliphatic carbocycles. The normalized spacial score (nSPS) is 14.0. The van der Waals surface area contributed by atoms with Crippen molar-refractivity contribution in [2.75, 3.05) is 0 Å². The number of halogens is 1. The average molecular weight is 479 g/mol. The molecule has 2 nitrogen and oxygen atoms in total. The quantitative estimate of drug-likeness (QED) is 0.329. The van der Waals surface area contributed by atoms with Gasteiger partial charge in [-0.25, -0.2) is 0 Å². The first-order chi connectivity index (χ1) is 10.6. The smallest absolute Gasteiger partial charge is 0.250 e. The van der Waals surface area contributed by atoms with Crippen molar-refractivity contribution in [1.82, 2.24) is 0 Å². The molecule has 1 aromatic carbocycles. The van der Waals surface area contributed by atoms with E-state index in [-0.39, 0.29) is 10.1 Å². The molecule has 5 heteroatoms. The van der Waals surface area contributed by atoms with Crippen molar-refractivity contribution in [2.24, 2.45) is 0 Å². The average Bonchev–Trinajstić information content (AvgIpc) is 2.36. The summed E-state index contributed by atoms with van der Waals surface area (Å²) in [6, 6.07) is 6.42. The van der Waals surface area contributed by atoms with Gasteiger partial charge in [-0.2, -0.15) is 0 Å².